The molecule has 0 aromatic heterocycles. The Morgan fingerprint density at radius 1 is 0.407 bits per heavy atom. The highest BCUT2D eigenvalue weighted by Gasteiger charge is 2.31. The average Bonchev–Trinajstić information content (AvgIpc) is 3.55. The number of alkyl halides is 1. The summed E-state index contributed by atoms with van der Waals surface area (Å²) in [4.78, 5) is 19.9. The lowest BCUT2D eigenvalue weighted by Crippen LogP contribution is -2.33. The normalized spacial score (nSPS) is 12.2. The molecule has 0 aliphatic heterocycles. The van der Waals surface area contributed by atoms with Crippen LogP contribution in [0.4, 0.5) is 11.4 Å². The van der Waals surface area contributed by atoms with Gasteiger partial charge in [-0.1, -0.05) is 249 Å². The average molecular weight is 1230 g/mol. The molecule has 0 spiro atoms. The fourth-order valence-corrected chi connectivity index (χ4v) is 11.6. The molecule has 81 heavy (non-hydrogen) atoms. The van der Waals surface area contributed by atoms with Gasteiger partial charge in [-0.25, -0.2) is 22.0 Å². The van der Waals surface area contributed by atoms with E-state index in [1.165, 1.54) is 188 Å². The number of halogens is 1. The quantitative estimate of drug-likeness (QED) is 0.0223. The van der Waals surface area contributed by atoms with Crippen molar-refractivity contribution in [2.45, 2.75) is 262 Å². The van der Waals surface area contributed by atoms with Crippen LogP contribution in [0.25, 0.3) is 0 Å². The van der Waals surface area contributed by atoms with Crippen LogP contribution in [0.5, 0.6) is 0 Å². The molecule has 2 N–H and O–H groups in total. The van der Waals surface area contributed by atoms with Gasteiger partial charge in [0.25, 0.3) is 11.4 Å². The maximum absolute atomic E-state index is 13.6. The molecular formula is C66H109BrN4O8S2. The van der Waals surface area contributed by atoms with Crippen molar-refractivity contribution >= 4 is 47.4 Å². The van der Waals surface area contributed by atoms with E-state index in [0.717, 1.165) is 95.6 Å². The molecule has 2 aromatic rings. The summed E-state index contributed by atoms with van der Waals surface area (Å²) in [6, 6.07) is 10.7. The van der Waals surface area contributed by atoms with E-state index in [9.17, 15) is 37.1 Å². The van der Waals surface area contributed by atoms with Crippen LogP contribution in [0.2, 0.25) is 0 Å². The highest BCUT2D eigenvalue weighted by atomic mass is 79.9. The van der Waals surface area contributed by atoms with Crippen molar-refractivity contribution in [2.24, 2.45) is 5.14 Å². The molecular weight excluding hydrogens is 1120 g/mol. The van der Waals surface area contributed by atoms with Gasteiger partial charge >= 0.3 is 0 Å². The minimum absolute atomic E-state index is 0.194. The van der Waals surface area contributed by atoms with Crippen LogP contribution in [-0.4, -0.2) is 49.4 Å². The van der Waals surface area contributed by atoms with Crippen molar-refractivity contribution in [3.8, 4) is 0 Å². The smallest absolute Gasteiger partial charge is 0.258 e. The first-order chi connectivity index (χ1) is 39.3. The van der Waals surface area contributed by atoms with Crippen LogP contribution in [0, 0.1) is 20.2 Å². The van der Waals surface area contributed by atoms with Crippen LogP contribution in [-0.2, 0) is 20.0 Å². The summed E-state index contributed by atoms with van der Waals surface area (Å²) in [6.07, 6.45) is 70.6. The second-order valence-electron chi connectivity index (χ2n) is 20.8. The lowest BCUT2D eigenvalue weighted by atomic mass is 10.1. The summed E-state index contributed by atoms with van der Waals surface area (Å²) in [7, 11) is -7.97. The molecule has 0 saturated carbocycles. The Morgan fingerprint density at radius 3 is 0.975 bits per heavy atom. The standard InChI is InChI=1S/C42H70N2O4S.C18H33Br.C6H6N2O4S/c1-3-5-7-9-11-13-15-17-19-21-23-25-27-29-31-35-39-43(49(47,48)42-38-34-33-37-41(42)44(45)46)40-36-32-30-28-26-24-22-20-18-16-14-12-10-8-6-4-2;1-2-3-4-5-6-7-8-9-10-11-12-13-14-15-16-17-18-19;7-13(11,12)6-4-2-1-3-5(6)8(9)10/h11-14,17-20,33-34,37-38H,3-10,15-16,21-32,35-36,39-40H2,1-2H3;6-7,9-10H,2-5,8,11-18H2,1H3;1-4H,(H2,7,11,12)/b13-11-,14-12-,19-17-,20-18-;7-6-,10-9-;. The van der Waals surface area contributed by atoms with Gasteiger partial charge in [-0.15, -0.1) is 0 Å². The predicted octanol–water partition coefficient (Wildman–Crippen LogP) is 20.6. The van der Waals surface area contributed by atoms with E-state index < -0.39 is 40.5 Å². The first-order valence-electron chi connectivity index (χ1n) is 31.2. The maximum atomic E-state index is 13.6. The van der Waals surface area contributed by atoms with E-state index in [1.54, 1.807) is 6.07 Å². The van der Waals surface area contributed by atoms with Crippen molar-refractivity contribution in [2.75, 3.05) is 18.4 Å². The Kier molecular flexibility index (Phi) is 52.4. The van der Waals surface area contributed by atoms with Crippen molar-refractivity contribution in [1.29, 1.82) is 0 Å². The maximum Gasteiger partial charge on any atom is 0.289 e. The molecule has 0 unspecified atom stereocenters. The van der Waals surface area contributed by atoms with Crippen LogP contribution < -0.4 is 5.14 Å². The van der Waals surface area contributed by atoms with Gasteiger partial charge in [-0.3, -0.25) is 20.2 Å². The highest BCUT2D eigenvalue weighted by Crippen LogP contribution is 2.28. The van der Waals surface area contributed by atoms with Gasteiger partial charge in [0.15, 0.2) is 9.79 Å². The van der Waals surface area contributed by atoms with Gasteiger partial charge in [-0.05, 0) is 128 Å². The summed E-state index contributed by atoms with van der Waals surface area (Å²) < 4.78 is 50.4. The van der Waals surface area contributed by atoms with Crippen molar-refractivity contribution in [1.82, 2.24) is 4.31 Å². The molecule has 2 aromatic carbocycles. The molecule has 0 radical (unpaired) electrons. The molecule has 0 atom stereocenters. The number of para-hydroxylation sites is 2. The number of nitro groups is 2. The molecule has 0 heterocycles. The molecule has 12 nitrogen and oxygen atoms in total. The van der Waals surface area contributed by atoms with Gasteiger partial charge in [0, 0.05) is 30.6 Å². The zero-order valence-corrected chi connectivity index (χ0v) is 53.7. The van der Waals surface area contributed by atoms with E-state index in [0.29, 0.717) is 13.1 Å². The zero-order valence-electron chi connectivity index (χ0n) is 50.5. The van der Waals surface area contributed by atoms with E-state index in [4.69, 9.17) is 5.14 Å². The van der Waals surface area contributed by atoms with Gasteiger partial charge in [-0.2, -0.15) is 4.31 Å². The number of hydrogen-bond donors (Lipinski definition) is 1. The predicted molar refractivity (Wildman–Crippen MR) is 348 cm³/mol. The van der Waals surface area contributed by atoms with E-state index in [1.807, 2.05) is 0 Å². The number of sulfonamides is 2. The number of nitrogens with zero attached hydrogens (tertiary/aromatic N) is 3. The summed E-state index contributed by atoms with van der Waals surface area (Å²) in [5.74, 6) is 0. The first kappa shape index (κ1) is 77.0. The second kappa shape index (κ2) is 55.2. The lowest BCUT2D eigenvalue weighted by Gasteiger charge is -2.22. The number of nitrogens with two attached hydrogens (primary N) is 1. The summed E-state index contributed by atoms with van der Waals surface area (Å²) in [6.45, 7) is 7.54. The SMILES string of the molecule is CCCCC/C=C\C/C=C\CCCCCCCCBr.CCCCC/C=C\C/C=C\CCCCCCCCN(CCCCCCCC/C=C\C/C=C\CCCCC)S(=O)(=O)c1ccccc1[N+](=O)[O-].NS(=O)(=O)c1ccccc1[N+](=O)[O-]. The summed E-state index contributed by atoms with van der Waals surface area (Å²) in [5.41, 5.74) is -0.855. The molecule has 2 rings (SSSR count). The highest BCUT2D eigenvalue weighted by molar-refractivity contribution is 9.09. The second-order valence-corrected chi connectivity index (χ2v) is 25.1. The molecule has 460 valence electrons. The third-order valence-corrected chi connectivity index (χ3v) is 17.1. The monoisotopic (exact) mass is 1230 g/mol. The van der Waals surface area contributed by atoms with E-state index in [2.05, 4.69) is 110 Å². The van der Waals surface area contributed by atoms with Crippen molar-refractivity contribution in [3.05, 3.63) is 142 Å². The van der Waals surface area contributed by atoms with E-state index >= 15 is 0 Å². The van der Waals surface area contributed by atoms with Crippen molar-refractivity contribution < 1.29 is 26.7 Å². The van der Waals surface area contributed by atoms with E-state index in [-0.39, 0.29) is 10.6 Å². The minimum atomic E-state index is -4.02. The minimum Gasteiger partial charge on any atom is -0.258 e. The summed E-state index contributed by atoms with van der Waals surface area (Å²) >= 11 is 3.48. The third-order valence-electron chi connectivity index (χ3n) is 13.6. The fraction of sp³-hybridized carbons (Fsp3) is 0.636. The molecule has 15 heteroatoms. The number of primary sulfonamides is 1. The Bertz CT molecular complexity index is 2220. The number of rotatable bonds is 49. The van der Waals surface area contributed by atoms with Crippen LogP contribution >= 0.6 is 15.9 Å². The van der Waals surface area contributed by atoms with Gasteiger partial charge in [0.2, 0.25) is 20.0 Å². The zero-order chi connectivity index (χ0) is 59.8. The molecule has 0 fully saturated rings. The summed E-state index contributed by atoms with van der Waals surface area (Å²) in [5, 5.41) is 27.9. The number of hydrogen-bond acceptors (Lipinski definition) is 8. The van der Waals surface area contributed by atoms with Crippen LogP contribution in [0.1, 0.15) is 252 Å². The Labute approximate surface area is 502 Å². The number of benzene rings is 2. The topological polar surface area (TPSA) is 184 Å². The Morgan fingerprint density at radius 2 is 0.679 bits per heavy atom. The first-order valence-corrected chi connectivity index (χ1v) is 35.4. The molecule has 0 amide bonds. The van der Waals surface area contributed by atoms with Gasteiger partial charge in [0.05, 0.1) is 9.85 Å². The number of allylic oxidation sites excluding steroid dienone is 12. The largest absolute Gasteiger partial charge is 0.289 e. The molecule has 0 saturated heterocycles. The Balaban J connectivity index is 0.00000161. The Hall–Kier alpha value is -4.02. The third kappa shape index (κ3) is 45.1. The van der Waals surface area contributed by atoms with Gasteiger partial charge < -0.3 is 0 Å². The molecule has 0 aliphatic carbocycles. The van der Waals surface area contributed by atoms with Crippen molar-refractivity contribution in [3.63, 3.8) is 0 Å². The van der Waals surface area contributed by atoms with Crippen LogP contribution in [0.3, 0.4) is 0 Å². The molecule has 0 aliphatic rings. The lowest BCUT2D eigenvalue weighted by molar-refractivity contribution is -0.388. The fourth-order valence-electron chi connectivity index (χ4n) is 8.80. The number of nitro benzene ring substituents is 2. The van der Waals surface area contributed by atoms with Gasteiger partial charge in [0.1, 0.15) is 0 Å². The molecule has 0 bridgehead atoms. The number of unbranched alkanes of at least 4 members (excludes halogenated alkanes) is 27. The van der Waals surface area contributed by atoms with Crippen LogP contribution in [0.15, 0.2) is 131 Å².